The first-order valence-electron chi connectivity index (χ1n) is 5.76. The molecule has 0 fully saturated rings. The molecule has 0 saturated carbocycles. The SMILES string of the molecule is COc1cccc(Cn2nc(C)c(Cl)c2N)c1OC. The number of nitrogen functional groups attached to an aromatic ring is 1. The van der Waals surface area contributed by atoms with Crippen molar-refractivity contribution >= 4 is 17.4 Å². The first kappa shape index (κ1) is 13.5. The van der Waals surface area contributed by atoms with Gasteiger partial charge in [-0.15, -0.1) is 0 Å². The predicted octanol–water partition coefficient (Wildman–Crippen LogP) is 2.49. The average Bonchev–Trinajstić information content (AvgIpc) is 2.66. The Morgan fingerprint density at radius 1 is 1.32 bits per heavy atom. The second-order valence-electron chi connectivity index (χ2n) is 4.09. The van der Waals surface area contributed by atoms with Crippen LogP contribution in [-0.2, 0) is 6.54 Å². The first-order valence-corrected chi connectivity index (χ1v) is 6.14. The zero-order valence-corrected chi connectivity index (χ0v) is 11.9. The first-order chi connectivity index (χ1) is 9.08. The van der Waals surface area contributed by atoms with E-state index in [1.165, 1.54) is 0 Å². The molecule has 0 aliphatic rings. The van der Waals surface area contributed by atoms with Crippen LogP contribution < -0.4 is 15.2 Å². The van der Waals surface area contributed by atoms with Crippen molar-refractivity contribution in [2.75, 3.05) is 20.0 Å². The fraction of sp³-hybridized carbons (Fsp3) is 0.308. The molecule has 2 rings (SSSR count). The minimum absolute atomic E-state index is 0.448. The van der Waals surface area contributed by atoms with Crippen molar-refractivity contribution in [1.82, 2.24) is 9.78 Å². The zero-order chi connectivity index (χ0) is 14.0. The number of benzene rings is 1. The van der Waals surface area contributed by atoms with Crippen molar-refractivity contribution in [3.8, 4) is 11.5 Å². The highest BCUT2D eigenvalue weighted by atomic mass is 35.5. The summed E-state index contributed by atoms with van der Waals surface area (Å²) in [5, 5.41) is 4.79. The van der Waals surface area contributed by atoms with Gasteiger partial charge in [0.05, 0.1) is 26.5 Å². The van der Waals surface area contributed by atoms with Gasteiger partial charge in [-0.3, -0.25) is 0 Å². The molecular formula is C13H16ClN3O2. The molecule has 19 heavy (non-hydrogen) atoms. The van der Waals surface area contributed by atoms with Crippen molar-refractivity contribution in [2.24, 2.45) is 0 Å². The van der Waals surface area contributed by atoms with Gasteiger partial charge in [0.1, 0.15) is 10.8 Å². The lowest BCUT2D eigenvalue weighted by Crippen LogP contribution is -2.07. The highest BCUT2D eigenvalue weighted by Crippen LogP contribution is 2.32. The quantitative estimate of drug-likeness (QED) is 0.935. The third-order valence-corrected chi connectivity index (χ3v) is 3.36. The van der Waals surface area contributed by atoms with E-state index in [4.69, 9.17) is 26.8 Å². The summed E-state index contributed by atoms with van der Waals surface area (Å²) in [7, 11) is 3.21. The van der Waals surface area contributed by atoms with Crippen molar-refractivity contribution in [3.05, 3.63) is 34.5 Å². The molecule has 0 radical (unpaired) electrons. The molecule has 0 spiro atoms. The number of aryl methyl sites for hydroxylation is 1. The summed E-state index contributed by atoms with van der Waals surface area (Å²) in [5.74, 6) is 1.80. The fourth-order valence-electron chi connectivity index (χ4n) is 1.94. The minimum Gasteiger partial charge on any atom is -0.493 e. The Morgan fingerprint density at radius 2 is 2.05 bits per heavy atom. The molecule has 5 nitrogen and oxygen atoms in total. The van der Waals surface area contributed by atoms with Crippen LogP contribution in [0.3, 0.4) is 0 Å². The Hall–Kier alpha value is -1.88. The van der Waals surface area contributed by atoms with Gasteiger partial charge in [-0.05, 0) is 13.0 Å². The highest BCUT2D eigenvalue weighted by Gasteiger charge is 2.14. The lowest BCUT2D eigenvalue weighted by Gasteiger charge is -2.13. The van der Waals surface area contributed by atoms with Crippen LogP contribution >= 0.6 is 11.6 Å². The van der Waals surface area contributed by atoms with Gasteiger partial charge in [0.15, 0.2) is 11.5 Å². The van der Waals surface area contributed by atoms with Crippen molar-refractivity contribution in [3.63, 3.8) is 0 Å². The standard InChI is InChI=1S/C13H16ClN3O2/c1-8-11(14)13(15)17(16-8)7-9-5-4-6-10(18-2)12(9)19-3/h4-6H,7,15H2,1-3H3. The monoisotopic (exact) mass is 281 g/mol. The van der Waals surface area contributed by atoms with Crippen LogP contribution in [0.25, 0.3) is 0 Å². The van der Waals surface area contributed by atoms with E-state index in [1.54, 1.807) is 18.9 Å². The van der Waals surface area contributed by atoms with Crippen molar-refractivity contribution < 1.29 is 9.47 Å². The molecule has 6 heteroatoms. The van der Waals surface area contributed by atoms with E-state index < -0.39 is 0 Å². The second kappa shape index (κ2) is 5.40. The van der Waals surface area contributed by atoms with Gasteiger partial charge in [0.2, 0.25) is 0 Å². The Bertz CT molecular complexity index is 596. The number of hydrogen-bond acceptors (Lipinski definition) is 4. The molecule has 1 heterocycles. The van der Waals surface area contributed by atoms with Crippen LogP contribution in [0.4, 0.5) is 5.82 Å². The van der Waals surface area contributed by atoms with Crippen LogP contribution in [0, 0.1) is 6.92 Å². The maximum absolute atomic E-state index is 6.03. The van der Waals surface area contributed by atoms with E-state index in [1.807, 2.05) is 25.1 Å². The number of nitrogens with two attached hydrogens (primary N) is 1. The molecule has 1 aromatic carbocycles. The maximum Gasteiger partial charge on any atom is 0.165 e. The zero-order valence-electron chi connectivity index (χ0n) is 11.1. The Balaban J connectivity index is 2.40. The summed E-state index contributed by atoms with van der Waals surface area (Å²) < 4.78 is 12.3. The molecule has 0 saturated heterocycles. The number of anilines is 1. The van der Waals surface area contributed by atoms with E-state index in [0.29, 0.717) is 34.6 Å². The molecule has 102 valence electrons. The molecule has 0 atom stereocenters. The van der Waals surface area contributed by atoms with Gasteiger partial charge < -0.3 is 15.2 Å². The smallest absolute Gasteiger partial charge is 0.165 e. The van der Waals surface area contributed by atoms with Crippen LogP contribution in [0.1, 0.15) is 11.3 Å². The van der Waals surface area contributed by atoms with E-state index in [0.717, 1.165) is 5.56 Å². The number of aromatic nitrogens is 2. The largest absolute Gasteiger partial charge is 0.493 e. The number of ether oxygens (including phenoxy) is 2. The lowest BCUT2D eigenvalue weighted by atomic mass is 10.2. The second-order valence-corrected chi connectivity index (χ2v) is 4.47. The van der Waals surface area contributed by atoms with Gasteiger partial charge in [0.25, 0.3) is 0 Å². The molecular weight excluding hydrogens is 266 g/mol. The van der Waals surface area contributed by atoms with Gasteiger partial charge in [-0.25, -0.2) is 4.68 Å². The summed E-state index contributed by atoms with van der Waals surface area (Å²) in [4.78, 5) is 0. The topological polar surface area (TPSA) is 62.3 Å². The molecule has 0 unspecified atom stereocenters. The molecule has 0 aliphatic carbocycles. The van der Waals surface area contributed by atoms with E-state index in [-0.39, 0.29) is 0 Å². The normalized spacial score (nSPS) is 10.5. The van der Waals surface area contributed by atoms with Gasteiger partial charge >= 0.3 is 0 Å². The number of hydrogen-bond donors (Lipinski definition) is 1. The maximum atomic E-state index is 6.03. The predicted molar refractivity (Wildman–Crippen MR) is 75.0 cm³/mol. The van der Waals surface area contributed by atoms with Crippen LogP contribution in [0.15, 0.2) is 18.2 Å². The summed E-state index contributed by atoms with van der Waals surface area (Å²) in [6, 6.07) is 5.67. The summed E-state index contributed by atoms with van der Waals surface area (Å²) >= 11 is 6.03. The number of methoxy groups -OCH3 is 2. The summed E-state index contributed by atoms with van der Waals surface area (Å²) in [6.07, 6.45) is 0. The number of halogens is 1. The summed E-state index contributed by atoms with van der Waals surface area (Å²) in [6.45, 7) is 2.29. The highest BCUT2D eigenvalue weighted by molar-refractivity contribution is 6.33. The Morgan fingerprint density at radius 3 is 2.58 bits per heavy atom. The molecule has 0 aliphatic heterocycles. The Kier molecular flexibility index (Phi) is 3.85. The number of para-hydroxylation sites is 1. The van der Waals surface area contributed by atoms with Gasteiger partial charge in [-0.2, -0.15) is 5.10 Å². The van der Waals surface area contributed by atoms with E-state index in [9.17, 15) is 0 Å². The van der Waals surface area contributed by atoms with Crippen molar-refractivity contribution in [2.45, 2.75) is 13.5 Å². The summed E-state index contributed by atoms with van der Waals surface area (Å²) in [5.41, 5.74) is 7.54. The molecule has 0 amide bonds. The number of nitrogens with zero attached hydrogens (tertiary/aromatic N) is 2. The molecule has 2 aromatic rings. The molecule has 0 bridgehead atoms. The molecule has 2 N–H and O–H groups in total. The number of rotatable bonds is 4. The van der Waals surface area contributed by atoms with E-state index in [2.05, 4.69) is 5.10 Å². The van der Waals surface area contributed by atoms with Crippen LogP contribution in [0.2, 0.25) is 5.02 Å². The lowest BCUT2D eigenvalue weighted by molar-refractivity contribution is 0.350. The molecule has 1 aromatic heterocycles. The van der Waals surface area contributed by atoms with Crippen LogP contribution in [0.5, 0.6) is 11.5 Å². The average molecular weight is 282 g/mol. The van der Waals surface area contributed by atoms with Crippen LogP contribution in [-0.4, -0.2) is 24.0 Å². The minimum atomic E-state index is 0.448. The van der Waals surface area contributed by atoms with E-state index >= 15 is 0 Å². The van der Waals surface area contributed by atoms with Gasteiger partial charge in [-0.1, -0.05) is 23.7 Å². The van der Waals surface area contributed by atoms with Gasteiger partial charge in [0, 0.05) is 5.56 Å². The Labute approximate surface area is 116 Å². The third-order valence-electron chi connectivity index (χ3n) is 2.90. The third kappa shape index (κ3) is 2.46. The fourth-order valence-corrected chi connectivity index (χ4v) is 2.07. The van der Waals surface area contributed by atoms with Crippen molar-refractivity contribution in [1.29, 1.82) is 0 Å².